The van der Waals surface area contributed by atoms with Crippen LogP contribution in [0.3, 0.4) is 0 Å². The van der Waals surface area contributed by atoms with Gasteiger partial charge in [0.1, 0.15) is 5.82 Å². The lowest BCUT2D eigenvalue weighted by Gasteiger charge is -2.06. The molecule has 0 unspecified atom stereocenters. The molecule has 0 aliphatic carbocycles. The normalized spacial score (nSPS) is 10.6. The van der Waals surface area contributed by atoms with Crippen molar-refractivity contribution < 1.29 is 8.78 Å². The number of nitrogens with two attached hydrogens (primary N) is 1. The molecule has 0 saturated carbocycles. The van der Waals surface area contributed by atoms with Crippen molar-refractivity contribution in [2.45, 2.75) is 12.8 Å². The van der Waals surface area contributed by atoms with E-state index in [-0.39, 0.29) is 18.8 Å². The van der Waals surface area contributed by atoms with Crippen LogP contribution in [-0.2, 0) is 5.38 Å². The van der Waals surface area contributed by atoms with Crippen molar-refractivity contribution in [2.75, 3.05) is 5.73 Å². The topological polar surface area (TPSA) is 38.9 Å². The summed E-state index contributed by atoms with van der Waals surface area (Å²) in [5.41, 5.74) is 4.81. The maximum absolute atomic E-state index is 12.3. The highest BCUT2D eigenvalue weighted by atomic mass is 35.5. The third-order valence-electron chi connectivity index (χ3n) is 1.11. The van der Waals surface area contributed by atoms with Crippen LogP contribution in [-0.4, -0.2) is 4.98 Å². The number of alkyl halides is 3. The standard InChI is InChI=1S/C6H5ClF2N2.CH4/c7-6(8,9)4-1-2-11-5(10)3-4;/h1-3H,(H2,10,11);1H4. The van der Waals surface area contributed by atoms with E-state index in [2.05, 4.69) is 4.98 Å². The molecular formula is C7H9ClF2N2. The molecule has 0 bridgehead atoms. The Balaban J connectivity index is 0.00000121. The van der Waals surface area contributed by atoms with Crippen LogP contribution < -0.4 is 5.73 Å². The molecule has 1 heterocycles. The molecule has 0 saturated heterocycles. The van der Waals surface area contributed by atoms with Crippen molar-refractivity contribution in [3.8, 4) is 0 Å². The summed E-state index contributed by atoms with van der Waals surface area (Å²) in [7, 11) is 0. The van der Waals surface area contributed by atoms with Crippen molar-refractivity contribution in [2.24, 2.45) is 0 Å². The van der Waals surface area contributed by atoms with E-state index in [0.29, 0.717) is 0 Å². The molecule has 2 N–H and O–H groups in total. The Morgan fingerprint density at radius 1 is 1.50 bits per heavy atom. The van der Waals surface area contributed by atoms with Gasteiger partial charge in [-0.15, -0.1) is 0 Å². The van der Waals surface area contributed by atoms with Gasteiger partial charge in [-0.25, -0.2) is 4.98 Å². The average Bonchev–Trinajstić information content (AvgIpc) is 1.86. The van der Waals surface area contributed by atoms with Gasteiger partial charge in [0, 0.05) is 11.8 Å². The van der Waals surface area contributed by atoms with E-state index in [4.69, 9.17) is 17.3 Å². The summed E-state index contributed by atoms with van der Waals surface area (Å²) in [5, 5.41) is -3.36. The summed E-state index contributed by atoms with van der Waals surface area (Å²) in [6.07, 6.45) is 1.18. The molecule has 1 aromatic heterocycles. The van der Waals surface area contributed by atoms with Gasteiger partial charge >= 0.3 is 5.38 Å². The maximum atomic E-state index is 12.3. The van der Waals surface area contributed by atoms with Crippen LogP contribution >= 0.6 is 11.6 Å². The van der Waals surface area contributed by atoms with E-state index in [1.165, 1.54) is 6.20 Å². The number of nitrogen functional groups attached to an aromatic ring is 1. The summed E-state index contributed by atoms with van der Waals surface area (Å²) >= 11 is 4.71. The van der Waals surface area contributed by atoms with Crippen LogP contribution in [0.4, 0.5) is 14.6 Å². The summed E-state index contributed by atoms with van der Waals surface area (Å²) in [5.74, 6) is 0.0304. The Bertz CT molecular complexity index is 260. The first-order chi connectivity index (χ1) is 5.00. The fraction of sp³-hybridized carbons (Fsp3) is 0.286. The van der Waals surface area contributed by atoms with Gasteiger partial charge in [-0.1, -0.05) is 7.43 Å². The molecule has 5 heteroatoms. The number of aromatic nitrogens is 1. The highest BCUT2D eigenvalue weighted by Gasteiger charge is 2.27. The van der Waals surface area contributed by atoms with E-state index in [0.717, 1.165) is 12.1 Å². The lowest BCUT2D eigenvalue weighted by Crippen LogP contribution is -2.04. The molecule has 0 atom stereocenters. The Labute approximate surface area is 74.4 Å². The minimum absolute atomic E-state index is 0. The largest absolute Gasteiger partial charge is 0.384 e. The number of pyridine rings is 1. The van der Waals surface area contributed by atoms with Gasteiger partial charge in [0.2, 0.25) is 0 Å². The second-order valence-electron chi connectivity index (χ2n) is 1.97. The van der Waals surface area contributed by atoms with Gasteiger partial charge in [-0.05, 0) is 23.7 Å². The van der Waals surface area contributed by atoms with Gasteiger partial charge in [0.05, 0.1) is 0 Å². The van der Waals surface area contributed by atoms with Gasteiger partial charge in [0.15, 0.2) is 0 Å². The first kappa shape index (κ1) is 11.1. The van der Waals surface area contributed by atoms with Gasteiger partial charge in [0.25, 0.3) is 0 Å². The predicted octanol–water partition coefficient (Wildman–Crippen LogP) is 2.59. The van der Waals surface area contributed by atoms with Gasteiger partial charge in [-0.3, -0.25) is 0 Å². The predicted molar refractivity (Wildman–Crippen MR) is 45.1 cm³/mol. The zero-order valence-corrected chi connectivity index (χ0v) is 6.15. The zero-order valence-electron chi connectivity index (χ0n) is 5.39. The molecule has 0 radical (unpaired) electrons. The molecule has 1 rings (SSSR count). The number of hydrogen-bond acceptors (Lipinski definition) is 2. The van der Waals surface area contributed by atoms with Gasteiger partial charge in [-0.2, -0.15) is 8.78 Å². The van der Waals surface area contributed by atoms with Crippen LogP contribution in [0.5, 0.6) is 0 Å². The Hall–Kier alpha value is -0.900. The van der Waals surface area contributed by atoms with Crippen LogP contribution in [0.1, 0.15) is 13.0 Å². The quantitative estimate of drug-likeness (QED) is 0.698. The molecule has 0 aromatic carbocycles. The molecule has 0 aliphatic heterocycles. The number of rotatable bonds is 1. The number of nitrogens with zero attached hydrogens (tertiary/aromatic N) is 1. The summed E-state index contributed by atoms with van der Waals surface area (Å²) in [6, 6.07) is 2.15. The van der Waals surface area contributed by atoms with E-state index >= 15 is 0 Å². The average molecular weight is 195 g/mol. The monoisotopic (exact) mass is 194 g/mol. The molecule has 1 aromatic rings. The fourth-order valence-corrected chi connectivity index (χ4v) is 0.742. The summed E-state index contributed by atoms with van der Waals surface area (Å²) < 4.78 is 24.6. The number of halogens is 3. The molecule has 2 nitrogen and oxygen atoms in total. The maximum Gasteiger partial charge on any atom is 0.348 e. The third-order valence-corrected chi connectivity index (χ3v) is 1.33. The highest BCUT2D eigenvalue weighted by Crippen LogP contribution is 2.32. The lowest BCUT2D eigenvalue weighted by molar-refractivity contribution is 0.0951. The smallest absolute Gasteiger partial charge is 0.348 e. The van der Waals surface area contributed by atoms with E-state index in [1.54, 1.807) is 0 Å². The Kier molecular flexibility index (Phi) is 3.39. The van der Waals surface area contributed by atoms with Crippen molar-refractivity contribution in [1.82, 2.24) is 4.98 Å². The van der Waals surface area contributed by atoms with Crippen molar-refractivity contribution in [3.63, 3.8) is 0 Å². The van der Waals surface area contributed by atoms with Crippen LogP contribution in [0.25, 0.3) is 0 Å². The molecule has 0 amide bonds. The van der Waals surface area contributed by atoms with E-state index < -0.39 is 5.38 Å². The molecular weight excluding hydrogens is 186 g/mol. The summed E-state index contributed by atoms with van der Waals surface area (Å²) in [6.45, 7) is 0. The second kappa shape index (κ2) is 3.67. The Morgan fingerprint density at radius 3 is 2.42 bits per heavy atom. The molecule has 0 aliphatic rings. The lowest BCUT2D eigenvalue weighted by atomic mass is 10.3. The molecule has 0 spiro atoms. The number of anilines is 1. The van der Waals surface area contributed by atoms with E-state index in [1.807, 2.05) is 0 Å². The molecule has 68 valence electrons. The van der Waals surface area contributed by atoms with Crippen LogP contribution in [0.15, 0.2) is 18.3 Å². The van der Waals surface area contributed by atoms with Crippen molar-refractivity contribution in [3.05, 3.63) is 23.9 Å². The third kappa shape index (κ3) is 2.62. The molecule has 0 fully saturated rings. The summed E-state index contributed by atoms with van der Waals surface area (Å²) in [4.78, 5) is 3.54. The first-order valence-corrected chi connectivity index (χ1v) is 3.16. The zero-order chi connectivity index (χ0) is 8.48. The van der Waals surface area contributed by atoms with Crippen LogP contribution in [0.2, 0.25) is 0 Å². The Morgan fingerprint density at radius 2 is 2.08 bits per heavy atom. The van der Waals surface area contributed by atoms with Gasteiger partial charge < -0.3 is 5.73 Å². The van der Waals surface area contributed by atoms with E-state index in [9.17, 15) is 8.78 Å². The van der Waals surface area contributed by atoms with Crippen molar-refractivity contribution >= 4 is 17.4 Å². The minimum Gasteiger partial charge on any atom is -0.384 e. The minimum atomic E-state index is -3.36. The number of hydrogen-bond donors (Lipinski definition) is 1. The fourth-order valence-electron chi connectivity index (χ4n) is 0.625. The van der Waals surface area contributed by atoms with Crippen LogP contribution in [0, 0.1) is 0 Å². The first-order valence-electron chi connectivity index (χ1n) is 2.79. The SMILES string of the molecule is C.Nc1cc(C(F)(F)Cl)ccn1. The molecule has 12 heavy (non-hydrogen) atoms. The van der Waals surface area contributed by atoms with Crippen molar-refractivity contribution in [1.29, 1.82) is 0 Å². The highest BCUT2D eigenvalue weighted by molar-refractivity contribution is 6.21. The second-order valence-corrected chi connectivity index (χ2v) is 2.44.